The molecule has 0 bridgehead atoms. The summed E-state index contributed by atoms with van der Waals surface area (Å²) < 4.78 is 16.5. The van der Waals surface area contributed by atoms with Crippen LogP contribution in [0.15, 0.2) is 65.7 Å². The van der Waals surface area contributed by atoms with Crippen molar-refractivity contribution >= 4 is 34.4 Å². The van der Waals surface area contributed by atoms with Crippen LogP contribution in [0.2, 0.25) is 0 Å². The number of imide groups is 1. The number of nitrogens with zero attached hydrogens (tertiary/aromatic N) is 1. The van der Waals surface area contributed by atoms with Gasteiger partial charge in [0.15, 0.2) is 11.5 Å². The fourth-order valence-electron chi connectivity index (χ4n) is 3.73. The normalized spacial score (nSPS) is 14.9. The lowest BCUT2D eigenvalue weighted by Crippen LogP contribution is -2.31. The van der Waals surface area contributed by atoms with Crippen LogP contribution in [-0.4, -0.2) is 30.1 Å². The Morgan fingerprint density at radius 2 is 1.91 bits per heavy atom. The van der Waals surface area contributed by atoms with Gasteiger partial charge in [-0.3, -0.25) is 14.5 Å². The Bertz CT molecular complexity index is 1240. The maximum Gasteiger partial charge on any atom is 0.278 e. The molecule has 2 aliphatic heterocycles. The van der Waals surface area contributed by atoms with E-state index >= 15 is 0 Å². The molecule has 0 unspecified atom stereocenters. The van der Waals surface area contributed by atoms with Gasteiger partial charge in [-0.15, -0.1) is 11.3 Å². The number of carbonyl (C=O) groups excluding carboxylic acids is 2. The van der Waals surface area contributed by atoms with E-state index in [-0.39, 0.29) is 30.8 Å². The number of hydrogen-bond donors (Lipinski definition) is 1. The molecule has 5 rings (SSSR count). The topological polar surface area (TPSA) is 77.1 Å². The zero-order valence-corrected chi connectivity index (χ0v) is 18.8. The summed E-state index contributed by atoms with van der Waals surface area (Å²) in [5, 5.41) is 5.07. The van der Waals surface area contributed by atoms with E-state index in [2.05, 4.69) is 5.32 Å². The van der Waals surface area contributed by atoms with E-state index in [4.69, 9.17) is 14.2 Å². The lowest BCUT2D eigenvalue weighted by atomic mass is 10.1. The van der Waals surface area contributed by atoms with Crippen LogP contribution in [0.1, 0.15) is 23.8 Å². The van der Waals surface area contributed by atoms with Crippen molar-refractivity contribution in [3.05, 3.63) is 76.1 Å². The summed E-state index contributed by atoms with van der Waals surface area (Å²) in [4.78, 5) is 28.8. The average molecular weight is 463 g/mol. The summed E-state index contributed by atoms with van der Waals surface area (Å²) >= 11 is 1.42. The van der Waals surface area contributed by atoms with Crippen LogP contribution < -0.4 is 19.5 Å². The van der Waals surface area contributed by atoms with Gasteiger partial charge in [-0.1, -0.05) is 25.1 Å². The van der Waals surface area contributed by atoms with Gasteiger partial charge in [0.05, 0.1) is 18.7 Å². The second-order valence-corrected chi connectivity index (χ2v) is 8.56. The number of benzene rings is 2. The molecule has 1 N–H and O–H groups in total. The fraction of sp³-hybridized carbons (Fsp3) is 0.200. The second-order valence-electron chi connectivity index (χ2n) is 7.61. The van der Waals surface area contributed by atoms with Crippen LogP contribution in [0.5, 0.6) is 17.2 Å². The van der Waals surface area contributed by atoms with Crippen LogP contribution in [0.4, 0.5) is 5.69 Å². The van der Waals surface area contributed by atoms with Crippen LogP contribution in [0, 0.1) is 0 Å². The standard InChI is InChI=1S/C25H22N2O5S/c1-2-10-30-18-6-3-5-17(13-18)26-23-22(21-7-4-11-33-21)24(28)27(25(23)29)14-16-8-9-19-20(12-16)32-15-31-19/h3-9,11-13,26H,2,10,14-15H2,1H3. The molecule has 1 aromatic heterocycles. The van der Waals surface area contributed by atoms with Crippen molar-refractivity contribution in [2.45, 2.75) is 19.9 Å². The third-order valence-electron chi connectivity index (χ3n) is 5.29. The first-order chi connectivity index (χ1) is 16.1. The van der Waals surface area contributed by atoms with Gasteiger partial charge in [0, 0.05) is 16.6 Å². The number of nitrogens with one attached hydrogen (secondary N) is 1. The molecule has 0 spiro atoms. The lowest BCUT2D eigenvalue weighted by Gasteiger charge is -2.16. The Hall–Kier alpha value is -3.78. The van der Waals surface area contributed by atoms with E-state index < -0.39 is 0 Å². The first kappa shape index (κ1) is 21.1. The first-order valence-electron chi connectivity index (χ1n) is 10.7. The average Bonchev–Trinajstić information content (AvgIpc) is 3.56. The van der Waals surface area contributed by atoms with E-state index in [1.807, 2.05) is 54.8 Å². The Kier molecular flexibility index (Phi) is 5.75. The summed E-state index contributed by atoms with van der Waals surface area (Å²) in [5.41, 5.74) is 2.09. The number of rotatable bonds is 8. The summed E-state index contributed by atoms with van der Waals surface area (Å²) in [6, 6.07) is 16.5. The molecular formula is C25H22N2O5S. The van der Waals surface area contributed by atoms with Crippen molar-refractivity contribution in [1.29, 1.82) is 0 Å². The summed E-state index contributed by atoms with van der Waals surface area (Å²) in [6.07, 6.45) is 0.896. The Morgan fingerprint density at radius 1 is 1.03 bits per heavy atom. The number of ether oxygens (including phenoxy) is 3. The van der Waals surface area contributed by atoms with E-state index in [0.717, 1.165) is 16.9 Å². The minimum atomic E-state index is -0.374. The number of hydrogen-bond acceptors (Lipinski definition) is 7. The van der Waals surface area contributed by atoms with Gasteiger partial charge in [0.1, 0.15) is 11.4 Å². The SMILES string of the molecule is CCCOc1cccc(NC2=C(c3cccs3)C(=O)N(Cc3ccc4c(c3)OCO4)C2=O)c1. The molecule has 2 amide bonds. The smallest absolute Gasteiger partial charge is 0.278 e. The maximum atomic E-state index is 13.4. The number of anilines is 1. The number of carbonyl (C=O) groups is 2. The third kappa shape index (κ3) is 4.17. The minimum Gasteiger partial charge on any atom is -0.494 e. The predicted octanol–water partition coefficient (Wildman–Crippen LogP) is 4.66. The molecule has 0 atom stereocenters. The third-order valence-corrected chi connectivity index (χ3v) is 6.18. The van der Waals surface area contributed by atoms with Crippen molar-refractivity contribution in [1.82, 2.24) is 4.90 Å². The van der Waals surface area contributed by atoms with Gasteiger partial charge in [-0.05, 0) is 47.7 Å². The monoisotopic (exact) mass is 462 g/mol. The van der Waals surface area contributed by atoms with Gasteiger partial charge in [0.2, 0.25) is 6.79 Å². The molecule has 2 aromatic carbocycles. The molecule has 0 aliphatic carbocycles. The van der Waals surface area contributed by atoms with Crippen LogP contribution >= 0.6 is 11.3 Å². The molecule has 8 heteroatoms. The Morgan fingerprint density at radius 3 is 2.73 bits per heavy atom. The number of amides is 2. The highest BCUT2D eigenvalue weighted by Gasteiger charge is 2.39. The molecule has 2 aliphatic rings. The molecular weight excluding hydrogens is 440 g/mol. The zero-order chi connectivity index (χ0) is 22.8. The van der Waals surface area contributed by atoms with E-state index in [1.165, 1.54) is 16.2 Å². The van der Waals surface area contributed by atoms with Crippen molar-refractivity contribution < 1.29 is 23.8 Å². The molecule has 168 valence electrons. The van der Waals surface area contributed by atoms with Crippen molar-refractivity contribution in [2.75, 3.05) is 18.7 Å². The molecule has 0 radical (unpaired) electrons. The quantitative estimate of drug-likeness (QED) is 0.491. The fourth-order valence-corrected chi connectivity index (χ4v) is 4.50. The summed E-state index contributed by atoms with van der Waals surface area (Å²) in [7, 11) is 0. The van der Waals surface area contributed by atoms with E-state index in [1.54, 1.807) is 12.1 Å². The molecule has 7 nitrogen and oxygen atoms in total. The molecule has 0 saturated heterocycles. The van der Waals surface area contributed by atoms with Crippen molar-refractivity contribution in [3.63, 3.8) is 0 Å². The Balaban J connectivity index is 1.44. The summed E-state index contributed by atoms with van der Waals surface area (Å²) in [6.45, 7) is 2.94. The predicted molar refractivity (Wildman–Crippen MR) is 125 cm³/mol. The van der Waals surface area contributed by atoms with E-state index in [0.29, 0.717) is 35.1 Å². The first-order valence-corrected chi connectivity index (χ1v) is 11.5. The molecule has 3 aromatic rings. The van der Waals surface area contributed by atoms with Gasteiger partial charge in [-0.25, -0.2) is 0 Å². The Labute approximate surface area is 195 Å². The van der Waals surface area contributed by atoms with Gasteiger partial charge in [-0.2, -0.15) is 0 Å². The highest BCUT2D eigenvalue weighted by Crippen LogP contribution is 2.36. The van der Waals surface area contributed by atoms with Crippen molar-refractivity contribution in [2.24, 2.45) is 0 Å². The van der Waals surface area contributed by atoms with E-state index in [9.17, 15) is 9.59 Å². The molecule has 3 heterocycles. The van der Waals surface area contributed by atoms with Crippen LogP contribution in [0.3, 0.4) is 0 Å². The van der Waals surface area contributed by atoms with Gasteiger partial charge < -0.3 is 19.5 Å². The molecule has 33 heavy (non-hydrogen) atoms. The van der Waals surface area contributed by atoms with Gasteiger partial charge in [0.25, 0.3) is 11.8 Å². The largest absolute Gasteiger partial charge is 0.494 e. The molecule has 0 saturated carbocycles. The minimum absolute atomic E-state index is 0.133. The number of thiophene rings is 1. The molecule has 0 fully saturated rings. The summed E-state index contributed by atoms with van der Waals surface area (Å²) in [5.74, 6) is 1.26. The highest BCUT2D eigenvalue weighted by atomic mass is 32.1. The maximum absolute atomic E-state index is 13.4. The van der Waals surface area contributed by atoms with Crippen molar-refractivity contribution in [3.8, 4) is 17.2 Å². The number of fused-ring (bicyclic) bond motifs is 1. The second kappa shape index (κ2) is 8.99. The zero-order valence-electron chi connectivity index (χ0n) is 18.0. The highest BCUT2D eigenvalue weighted by molar-refractivity contribution is 7.11. The van der Waals surface area contributed by atoms with Gasteiger partial charge >= 0.3 is 0 Å². The van der Waals surface area contributed by atoms with Crippen LogP contribution in [0.25, 0.3) is 5.57 Å². The van der Waals surface area contributed by atoms with Crippen LogP contribution in [-0.2, 0) is 16.1 Å². The lowest BCUT2D eigenvalue weighted by molar-refractivity contribution is -0.137.